The molecule has 98 valence electrons. The van der Waals surface area contributed by atoms with Crippen LogP contribution in [0, 0.1) is 0 Å². The standard InChI is InChI=1S/C11H13FN2O4/c1-2-11(6-15)5-7(12)9(18-11)14-4-3-8(16)13-10(14)17/h2-4,7,9,15H,1,5-6H2,(H,13,16,17). The Kier molecular flexibility index (Phi) is 3.18. The van der Waals surface area contributed by atoms with Gasteiger partial charge in [0.1, 0.15) is 11.8 Å². The Morgan fingerprint density at radius 2 is 2.44 bits per heavy atom. The average molecular weight is 256 g/mol. The number of aromatic nitrogens is 2. The van der Waals surface area contributed by atoms with Crippen molar-refractivity contribution in [2.24, 2.45) is 0 Å². The molecule has 1 saturated heterocycles. The van der Waals surface area contributed by atoms with Crippen molar-refractivity contribution in [1.82, 2.24) is 9.55 Å². The Bertz CT molecular complexity index is 567. The Morgan fingerprint density at radius 3 is 2.94 bits per heavy atom. The summed E-state index contributed by atoms with van der Waals surface area (Å²) in [6, 6.07) is 1.10. The third kappa shape index (κ3) is 2.02. The van der Waals surface area contributed by atoms with E-state index in [-0.39, 0.29) is 6.42 Å². The molecular formula is C11H13FN2O4. The number of hydrogen-bond donors (Lipinski definition) is 2. The molecule has 0 amide bonds. The number of H-pyrrole nitrogens is 1. The van der Waals surface area contributed by atoms with Gasteiger partial charge in [-0.1, -0.05) is 6.08 Å². The Balaban J connectivity index is 2.38. The lowest BCUT2D eigenvalue weighted by atomic mass is 10.0. The molecule has 1 aromatic heterocycles. The predicted molar refractivity (Wildman–Crippen MR) is 61.0 cm³/mol. The second-order valence-electron chi connectivity index (χ2n) is 4.17. The molecule has 3 unspecified atom stereocenters. The number of aromatic amines is 1. The maximum absolute atomic E-state index is 13.9. The number of rotatable bonds is 3. The highest BCUT2D eigenvalue weighted by molar-refractivity contribution is 5.05. The molecule has 2 rings (SSSR count). The largest absolute Gasteiger partial charge is 0.393 e. The molecule has 0 saturated carbocycles. The van der Waals surface area contributed by atoms with Gasteiger partial charge in [-0.25, -0.2) is 9.18 Å². The molecule has 2 heterocycles. The summed E-state index contributed by atoms with van der Waals surface area (Å²) < 4.78 is 20.2. The fraction of sp³-hybridized carbons (Fsp3) is 0.455. The zero-order valence-corrected chi connectivity index (χ0v) is 9.51. The highest BCUT2D eigenvalue weighted by atomic mass is 19.1. The van der Waals surface area contributed by atoms with Gasteiger partial charge in [0, 0.05) is 18.7 Å². The van der Waals surface area contributed by atoms with Crippen LogP contribution in [0.1, 0.15) is 12.6 Å². The van der Waals surface area contributed by atoms with Crippen molar-refractivity contribution in [1.29, 1.82) is 0 Å². The van der Waals surface area contributed by atoms with Gasteiger partial charge in [-0.05, 0) is 0 Å². The Hall–Kier alpha value is -1.73. The van der Waals surface area contributed by atoms with E-state index in [0.717, 1.165) is 16.8 Å². The van der Waals surface area contributed by atoms with Gasteiger partial charge >= 0.3 is 5.69 Å². The van der Waals surface area contributed by atoms with E-state index in [9.17, 15) is 19.1 Å². The highest BCUT2D eigenvalue weighted by Crippen LogP contribution is 2.38. The third-order valence-corrected chi connectivity index (χ3v) is 2.97. The molecule has 1 aromatic rings. The molecule has 2 N–H and O–H groups in total. The van der Waals surface area contributed by atoms with E-state index in [1.54, 1.807) is 0 Å². The molecule has 0 aliphatic carbocycles. The maximum Gasteiger partial charge on any atom is 0.330 e. The van der Waals surface area contributed by atoms with E-state index in [1.807, 2.05) is 4.98 Å². The molecule has 0 radical (unpaired) electrons. The van der Waals surface area contributed by atoms with E-state index in [4.69, 9.17) is 4.74 Å². The molecule has 0 bridgehead atoms. The zero-order valence-electron chi connectivity index (χ0n) is 9.51. The number of aliphatic hydroxyl groups is 1. The van der Waals surface area contributed by atoms with Gasteiger partial charge < -0.3 is 9.84 Å². The van der Waals surface area contributed by atoms with Gasteiger partial charge in [0.15, 0.2) is 6.23 Å². The van der Waals surface area contributed by atoms with Gasteiger partial charge in [-0.2, -0.15) is 0 Å². The second kappa shape index (κ2) is 4.51. The lowest BCUT2D eigenvalue weighted by molar-refractivity contribution is -0.0792. The topological polar surface area (TPSA) is 84.3 Å². The molecule has 7 heteroatoms. The summed E-state index contributed by atoms with van der Waals surface area (Å²) in [6.45, 7) is 3.06. The molecule has 6 nitrogen and oxygen atoms in total. The van der Waals surface area contributed by atoms with Crippen LogP contribution >= 0.6 is 0 Å². The molecule has 1 aliphatic rings. The number of hydrogen-bond acceptors (Lipinski definition) is 4. The van der Waals surface area contributed by atoms with Crippen LogP contribution in [-0.2, 0) is 4.74 Å². The molecule has 3 atom stereocenters. The molecular weight excluding hydrogens is 243 g/mol. The number of alkyl halides is 1. The van der Waals surface area contributed by atoms with Gasteiger partial charge in [0.05, 0.1) is 6.61 Å². The van der Waals surface area contributed by atoms with Crippen molar-refractivity contribution in [2.75, 3.05) is 6.61 Å². The fourth-order valence-corrected chi connectivity index (χ4v) is 1.95. The molecule has 0 aromatic carbocycles. The minimum Gasteiger partial charge on any atom is -0.393 e. The average Bonchev–Trinajstić information content (AvgIpc) is 2.67. The molecule has 18 heavy (non-hydrogen) atoms. The van der Waals surface area contributed by atoms with Crippen LogP contribution in [0.2, 0.25) is 0 Å². The monoisotopic (exact) mass is 256 g/mol. The second-order valence-corrected chi connectivity index (χ2v) is 4.17. The van der Waals surface area contributed by atoms with E-state index < -0.39 is 35.9 Å². The van der Waals surface area contributed by atoms with Crippen molar-refractivity contribution in [3.05, 3.63) is 45.8 Å². The maximum atomic E-state index is 13.9. The minimum absolute atomic E-state index is 0.0940. The van der Waals surface area contributed by atoms with Crippen LogP contribution in [0.3, 0.4) is 0 Å². The minimum atomic E-state index is -1.47. The highest BCUT2D eigenvalue weighted by Gasteiger charge is 2.46. The van der Waals surface area contributed by atoms with Crippen LogP contribution in [0.25, 0.3) is 0 Å². The summed E-state index contributed by atoms with van der Waals surface area (Å²) in [7, 11) is 0. The van der Waals surface area contributed by atoms with Gasteiger partial charge in [-0.3, -0.25) is 14.3 Å². The summed E-state index contributed by atoms with van der Waals surface area (Å²) in [5, 5.41) is 9.20. The van der Waals surface area contributed by atoms with Gasteiger partial charge in [0.25, 0.3) is 5.56 Å². The van der Waals surface area contributed by atoms with E-state index >= 15 is 0 Å². The van der Waals surface area contributed by atoms with Gasteiger partial charge in [0.2, 0.25) is 0 Å². The number of nitrogens with zero attached hydrogens (tertiary/aromatic N) is 1. The lowest BCUT2D eigenvalue weighted by Crippen LogP contribution is -2.35. The van der Waals surface area contributed by atoms with Crippen LogP contribution in [0.15, 0.2) is 34.5 Å². The van der Waals surface area contributed by atoms with Crippen molar-refractivity contribution in [3.63, 3.8) is 0 Å². The van der Waals surface area contributed by atoms with Crippen LogP contribution in [-0.4, -0.2) is 33.0 Å². The number of aliphatic hydroxyl groups excluding tert-OH is 1. The first-order valence-corrected chi connectivity index (χ1v) is 5.39. The summed E-state index contributed by atoms with van der Waals surface area (Å²) in [5.74, 6) is 0. The number of ether oxygens (including phenoxy) is 1. The van der Waals surface area contributed by atoms with E-state index in [1.165, 1.54) is 6.08 Å². The van der Waals surface area contributed by atoms with E-state index in [2.05, 4.69) is 6.58 Å². The van der Waals surface area contributed by atoms with Crippen molar-refractivity contribution < 1.29 is 14.2 Å². The van der Waals surface area contributed by atoms with Crippen LogP contribution in [0.4, 0.5) is 4.39 Å². The first-order chi connectivity index (χ1) is 8.51. The Morgan fingerprint density at radius 1 is 1.72 bits per heavy atom. The first kappa shape index (κ1) is 12.7. The summed E-state index contributed by atoms with van der Waals surface area (Å²) in [5.41, 5.74) is -2.52. The van der Waals surface area contributed by atoms with E-state index in [0.29, 0.717) is 0 Å². The SMILES string of the molecule is C=CC1(CO)CC(F)C(n2ccc(=O)[nH]c2=O)O1. The van der Waals surface area contributed by atoms with Crippen molar-refractivity contribution in [3.8, 4) is 0 Å². The predicted octanol–water partition coefficient (Wildman–Crippen LogP) is -0.289. The number of nitrogens with one attached hydrogen (secondary N) is 1. The smallest absolute Gasteiger partial charge is 0.330 e. The lowest BCUT2D eigenvalue weighted by Gasteiger charge is -2.22. The number of halogens is 1. The summed E-state index contributed by atoms with van der Waals surface area (Å²) >= 11 is 0. The quantitative estimate of drug-likeness (QED) is 0.728. The fourth-order valence-electron chi connectivity index (χ4n) is 1.95. The zero-order chi connectivity index (χ0) is 13.3. The van der Waals surface area contributed by atoms with Gasteiger partial charge in [-0.15, -0.1) is 6.58 Å². The van der Waals surface area contributed by atoms with Crippen LogP contribution in [0.5, 0.6) is 0 Å². The van der Waals surface area contributed by atoms with Crippen molar-refractivity contribution in [2.45, 2.75) is 24.4 Å². The summed E-state index contributed by atoms with van der Waals surface area (Å²) in [4.78, 5) is 24.5. The molecule has 1 aliphatic heterocycles. The molecule has 1 fully saturated rings. The van der Waals surface area contributed by atoms with Crippen LogP contribution < -0.4 is 11.2 Å². The Labute approximate surface area is 101 Å². The third-order valence-electron chi connectivity index (χ3n) is 2.97. The first-order valence-electron chi connectivity index (χ1n) is 5.39. The summed E-state index contributed by atoms with van der Waals surface area (Å²) in [6.07, 6.45) is -0.271. The molecule has 0 spiro atoms. The normalized spacial score (nSPS) is 31.4. The van der Waals surface area contributed by atoms with Crippen molar-refractivity contribution >= 4 is 0 Å².